The van der Waals surface area contributed by atoms with Gasteiger partial charge in [0.25, 0.3) is 0 Å². The van der Waals surface area contributed by atoms with Crippen molar-refractivity contribution in [1.82, 2.24) is 0 Å². The molecule has 2 nitrogen and oxygen atoms in total. The van der Waals surface area contributed by atoms with Crippen LogP contribution in [0.5, 0.6) is 0 Å². The van der Waals surface area contributed by atoms with Crippen LogP contribution in [0, 0.1) is 13.8 Å². The summed E-state index contributed by atoms with van der Waals surface area (Å²) in [5.41, 5.74) is 10.4. The molecule has 2 N–H and O–H groups in total. The zero-order chi connectivity index (χ0) is 12.6. The van der Waals surface area contributed by atoms with E-state index in [9.17, 15) is 0 Å². The van der Waals surface area contributed by atoms with Crippen molar-refractivity contribution in [2.24, 2.45) is 5.73 Å². The molecule has 1 atom stereocenters. The van der Waals surface area contributed by atoms with Gasteiger partial charge >= 0.3 is 0 Å². The number of nitrogens with two attached hydrogens (primary N) is 1. The van der Waals surface area contributed by atoms with Gasteiger partial charge < -0.3 is 10.6 Å². The molecule has 17 heavy (non-hydrogen) atoms. The molecule has 0 saturated carbocycles. The van der Waals surface area contributed by atoms with Crippen LogP contribution in [0.25, 0.3) is 0 Å². The average Bonchev–Trinajstić information content (AvgIpc) is 2.26. The minimum Gasteiger partial charge on any atom is -0.365 e. The fraction of sp³-hybridized carbons (Fsp3) is 0.600. The topological polar surface area (TPSA) is 29.3 Å². The molecule has 1 heterocycles. The Morgan fingerprint density at radius 1 is 1.29 bits per heavy atom. The number of benzene rings is 1. The highest BCUT2D eigenvalue weighted by Gasteiger charge is 2.33. The number of hydrogen-bond acceptors (Lipinski definition) is 2. The molecule has 0 spiro atoms. The van der Waals surface area contributed by atoms with Gasteiger partial charge in [-0.05, 0) is 57.7 Å². The van der Waals surface area contributed by atoms with Gasteiger partial charge in [0.05, 0.1) is 0 Å². The molecule has 1 aliphatic heterocycles. The molecular formula is C15H24N2. The quantitative estimate of drug-likeness (QED) is 0.806. The van der Waals surface area contributed by atoms with Crippen molar-refractivity contribution in [3.05, 3.63) is 29.3 Å². The van der Waals surface area contributed by atoms with Gasteiger partial charge in [-0.1, -0.05) is 12.1 Å². The maximum absolute atomic E-state index is 6.13. The van der Waals surface area contributed by atoms with Crippen molar-refractivity contribution in [2.45, 2.75) is 52.1 Å². The summed E-state index contributed by atoms with van der Waals surface area (Å²) in [5, 5.41) is 0. The zero-order valence-corrected chi connectivity index (χ0v) is 11.5. The van der Waals surface area contributed by atoms with Gasteiger partial charge in [0.15, 0.2) is 0 Å². The molecule has 1 fully saturated rings. The average molecular weight is 232 g/mol. The van der Waals surface area contributed by atoms with Crippen LogP contribution in [0.3, 0.4) is 0 Å². The predicted molar refractivity (Wildman–Crippen MR) is 74.6 cm³/mol. The third-order valence-electron chi connectivity index (χ3n) is 4.14. The first-order chi connectivity index (χ1) is 7.92. The number of anilines is 1. The normalized spacial score (nSPS) is 23.8. The maximum atomic E-state index is 6.13. The summed E-state index contributed by atoms with van der Waals surface area (Å²) in [6.07, 6.45) is 2.30. The Balaban J connectivity index is 2.40. The summed E-state index contributed by atoms with van der Waals surface area (Å²) in [4.78, 5) is 2.49. The Hall–Kier alpha value is -1.02. The molecule has 0 bridgehead atoms. The second-order valence-electron chi connectivity index (χ2n) is 5.94. The number of piperidine rings is 1. The van der Waals surface area contributed by atoms with Crippen molar-refractivity contribution < 1.29 is 0 Å². The van der Waals surface area contributed by atoms with E-state index in [-0.39, 0.29) is 5.54 Å². The lowest BCUT2D eigenvalue weighted by molar-refractivity contribution is 0.334. The van der Waals surface area contributed by atoms with Crippen LogP contribution in [0.4, 0.5) is 5.69 Å². The van der Waals surface area contributed by atoms with Crippen molar-refractivity contribution in [3.63, 3.8) is 0 Å². The molecular weight excluding hydrogens is 208 g/mol. The third kappa shape index (κ3) is 2.32. The molecule has 1 saturated heterocycles. The summed E-state index contributed by atoms with van der Waals surface area (Å²) >= 11 is 0. The summed E-state index contributed by atoms with van der Waals surface area (Å²) in [7, 11) is 0. The standard InChI is InChI=1S/C15H24N2/c1-11-6-5-7-14(12(11)2)17-10-13(16)8-9-15(17,3)4/h5-7,13H,8-10,16H2,1-4H3. The molecule has 0 amide bonds. The molecule has 0 radical (unpaired) electrons. The first kappa shape index (κ1) is 12.4. The van der Waals surface area contributed by atoms with Crippen LogP contribution in [-0.2, 0) is 0 Å². The van der Waals surface area contributed by atoms with Crippen LogP contribution in [0.2, 0.25) is 0 Å². The maximum Gasteiger partial charge on any atom is 0.0403 e. The van der Waals surface area contributed by atoms with Crippen LogP contribution < -0.4 is 10.6 Å². The number of nitrogens with zero attached hydrogens (tertiary/aromatic N) is 1. The highest BCUT2D eigenvalue weighted by atomic mass is 15.2. The van der Waals surface area contributed by atoms with E-state index in [0.717, 1.165) is 13.0 Å². The van der Waals surface area contributed by atoms with E-state index in [0.29, 0.717) is 6.04 Å². The first-order valence-electron chi connectivity index (χ1n) is 6.51. The zero-order valence-electron chi connectivity index (χ0n) is 11.5. The Labute approximate surface area is 105 Å². The summed E-state index contributed by atoms with van der Waals surface area (Å²) in [6, 6.07) is 6.86. The lowest BCUT2D eigenvalue weighted by Crippen LogP contribution is -2.54. The molecule has 1 aromatic rings. The van der Waals surface area contributed by atoms with Crippen LogP contribution in [0.15, 0.2) is 18.2 Å². The molecule has 94 valence electrons. The Bertz CT molecular complexity index is 409. The molecule has 0 aromatic heterocycles. The number of aryl methyl sites for hydroxylation is 1. The second kappa shape index (κ2) is 4.34. The summed E-state index contributed by atoms with van der Waals surface area (Å²) < 4.78 is 0. The fourth-order valence-corrected chi connectivity index (χ4v) is 2.70. The monoisotopic (exact) mass is 232 g/mol. The van der Waals surface area contributed by atoms with Crippen molar-refractivity contribution in [3.8, 4) is 0 Å². The molecule has 1 aromatic carbocycles. The van der Waals surface area contributed by atoms with Crippen LogP contribution in [0.1, 0.15) is 37.8 Å². The third-order valence-corrected chi connectivity index (χ3v) is 4.14. The molecule has 1 unspecified atom stereocenters. The number of rotatable bonds is 1. The Morgan fingerprint density at radius 2 is 2.00 bits per heavy atom. The smallest absolute Gasteiger partial charge is 0.0403 e. The molecule has 0 aliphatic carbocycles. The van der Waals surface area contributed by atoms with Crippen LogP contribution in [-0.4, -0.2) is 18.1 Å². The Kier molecular flexibility index (Phi) is 3.17. The first-order valence-corrected chi connectivity index (χ1v) is 6.51. The van der Waals surface area contributed by atoms with Gasteiger partial charge in [0.2, 0.25) is 0 Å². The summed E-state index contributed by atoms with van der Waals surface area (Å²) in [5.74, 6) is 0. The number of hydrogen-bond donors (Lipinski definition) is 1. The molecule has 2 heteroatoms. The molecule has 1 aliphatic rings. The van der Waals surface area contributed by atoms with Gasteiger partial charge in [-0.25, -0.2) is 0 Å². The minimum atomic E-state index is 0.217. The van der Waals surface area contributed by atoms with E-state index in [1.54, 1.807) is 0 Å². The Morgan fingerprint density at radius 3 is 2.71 bits per heavy atom. The fourth-order valence-electron chi connectivity index (χ4n) is 2.70. The van der Waals surface area contributed by atoms with Gasteiger partial charge in [-0.3, -0.25) is 0 Å². The predicted octanol–water partition coefficient (Wildman–Crippen LogP) is 3.01. The van der Waals surface area contributed by atoms with Crippen molar-refractivity contribution in [2.75, 3.05) is 11.4 Å². The second-order valence-corrected chi connectivity index (χ2v) is 5.94. The van der Waals surface area contributed by atoms with E-state index in [2.05, 4.69) is 50.8 Å². The SMILES string of the molecule is Cc1cccc(N2CC(N)CCC2(C)C)c1C. The van der Waals surface area contributed by atoms with Gasteiger partial charge in [-0.2, -0.15) is 0 Å². The lowest BCUT2D eigenvalue weighted by Gasteiger charge is -2.47. The van der Waals surface area contributed by atoms with E-state index < -0.39 is 0 Å². The summed E-state index contributed by atoms with van der Waals surface area (Å²) in [6.45, 7) is 10.00. The van der Waals surface area contributed by atoms with E-state index in [1.165, 1.54) is 23.2 Å². The van der Waals surface area contributed by atoms with Crippen molar-refractivity contribution in [1.29, 1.82) is 0 Å². The molecule has 2 rings (SSSR count). The van der Waals surface area contributed by atoms with Crippen molar-refractivity contribution >= 4 is 5.69 Å². The largest absolute Gasteiger partial charge is 0.365 e. The van der Waals surface area contributed by atoms with Gasteiger partial charge in [0, 0.05) is 23.8 Å². The van der Waals surface area contributed by atoms with Gasteiger partial charge in [-0.15, -0.1) is 0 Å². The minimum absolute atomic E-state index is 0.217. The van der Waals surface area contributed by atoms with E-state index >= 15 is 0 Å². The highest BCUT2D eigenvalue weighted by molar-refractivity contribution is 5.58. The van der Waals surface area contributed by atoms with E-state index in [1.807, 2.05) is 0 Å². The highest BCUT2D eigenvalue weighted by Crippen LogP contribution is 2.34. The van der Waals surface area contributed by atoms with Gasteiger partial charge in [0.1, 0.15) is 0 Å². The van der Waals surface area contributed by atoms with Crippen LogP contribution >= 0.6 is 0 Å². The lowest BCUT2D eigenvalue weighted by atomic mass is 9.87. The van der Waals surface area contributed by atoms with E-state index in [4.69, 9.17) is 5.73 Å².